The molecular weight excluding hydrogens is 139 g/mol. The lowest BCUT2D eigenvalue weighted by molar-refractivity contribution is 0.311. The molecule has 1 aromatic rings. The summed E-state index contributed by atoms with van der Waals surface area (Å²) in [4.78, 5) is 3.97. The molecule has 1 rings (SSSR count). The average Bonchev–Trinajstić information content (AvgIpc) is 2.04. The predicted molar refractivity (Wildman–Crippen MR) is 45.2 cm³/mol. The van der Waals surface area contributed by atoms with Crippen molar-refractivity contribution in [3.8, 4) is 0 Å². The van der Waals surface area contributed by atoms with E-state index in [1.54, 1.807) is 18.3 Å². The third-order valence-corrected chi connectivity index (χ3v) is 1.20. The highest BCUT2D eigenvalue weighted by atomic mass is 16.3. The van der Waals surface area contributed by atoms with Crippen LogP contribution >= 0.6 is 0 Å². The first kappa shape index (κ1) is 8.08. The molecule has 2 N–H and O–H groups in total. The lowest BCUT2D eigenvalue weighted by atomic mass is 9.99. The summed E-state index contributed by atoms with van der Waals surface area (Å²) in [5, 5.41) is 11.4. The van der Waals surface area contributed by atoms with Crippen molar-refractivity contribution in [1.82, 2.24) is 4.98 Å². The Balaban J connectivity index is 2.52. The summed E-state index contributed by atoms with van der Waals surface area (Å²) in [6.45, 7) is 0.614. The minimum Gasteiger partial charge on any atom is -0.395 e. The number of hydrogen-bond acceptors (Lipinski definition) is 3. The number of hydrogen-bond donors (Lipinski definition) is 2. The summed E-state index contributed by atoms with van der Waals surface area (Å²) in [5.74, 6) is 0.730. The molecule has 0 fully saturated rings. The van der Waals surface area contributed by atoms with Gasteiger partial charge in [0, 0.05) is 12.7 Å². The van der Waals surface area contributed by atoms with E-state index in [1.165, 1.54) is 0 Å². The van der Waals surface area contributed by atoms with Crippen LogP contribution in [0.25, 0.3) is 0 Å². The molecule has 3 nitrogen and oxygen atoms in total. The third kappa shape index (κ3) is 2.59. The molecule has 0 saturated carbocycles. The Morgan fingerprint density at radius 2 is 2.36 bits per heavy atom. The van der Waals surface area contributed by atoms with Crippen LogP contribution in [0.1, 0.15) is 0 Å². The van der Waals surface area contributed by atoms with E-state index >= 15 is 0 Å². The summed E-state index contributed by atoms with van der Waals surface area (Å²) in [6, 6.07) is 3.53. The Labute approximate surface area is 66.9 Å². The van der Waals surface area contributed by atoms with Crippen LogP contribution in [0.4, 0.5) is 5.82 Å². The second-order valence-electron chi connectivity index (χ2n) is 2.13. The van der Waals surface area contributed by atoms with E-state index in [2.05, 4.69) is 10.3 Å². The van der Waals surface area contributed by atoms with Crippen molar-refractivity contribution in [2.75, 3.05) is 18.5 Å². The van der Waals surface area contributed by atoms with E-state index < -0.39 is 0 Å². The first-order valence-corrected chi connectivity index (χ1v) is 3.39. The zero-order valence-electron chi connectivity index (χ0n) is 6.12. The molecule has 0 aliphatic rings. The molecule has 1 aromatic heterocycles. The van der Waals surface area contributed by atoms with Gasteiger partial charge in [-0.1, -0.05) is 11.5 Å². The molecule has 1 heterocycles. The van der Waals surface area contributed by atoms with Gasteiger partial charge in [-0.2, -0.15) is 0 Å². The van der Waals surface area contributed by atoms with E-state index in [0.717, 1.165) is 5.82 Å². The molecule has 0 atom stereocenters. The summed E-state index contributed by atoms with van der Waals surface area (Å²) in [7, 11) is 5.42. The molecule has 0 saturated heterocycles. The summed E-state index contributed by atoms with van der Waals surface area (Å²) in [5.41, 5.74) is 0.638. The van der Waals surface area contributed by atoms with E-state index in [-0.39, 0.29) is 6.61 Å². The van der Waals surface area contributed by atoms with Crippen molar-refractivity contribution in [1.29, 1.82) is 0 Å². The van der Waals surface area contributed by atoms with Gasteiger partial charge in [-0.05, 0) is 6.07 Å². The molecule has 0 unspecified atom stereocenters. The topological polar surface area (TPSA) is 45.1 Å². The van der Waals surface area contributed by atoms with Crippen LogP contribution < -0.4 is 10.8 Å². The zero-order chi connectivity index (χ0) is 8.10. The maximum absolute atomic E-state index is 8.47. The molecule has 56 valence electrons. The standard InChI is InChI=1S/C7H9BN2O/c8-6-1-2-7(10-5-6)9-3-4-11/h1-2,5,11H,3-4H2,(H,9,10). The number of aromatic nitrogens is 1. The number of nitrogens with one attached hydrogen (secondary N) is 1. The second kappa shape index (κ2) is 3.98. The highest BCUT2D eigenvalue weighted by molar-refractivity contribution is 6.32. The number of aliphatic hydroxyl groups excluding tert-OH is 1. The van der Waals surface area contributed by atoms with E-state index in [0.29, 0.717) is 12.0 Å². The van der Waals surface area contributed by atoms with Gasteiger partial charge >= 0.3 is 0 Å². The fourth-order valence-electron chi connectivity index (χ4n) is 0.694. The van der Waals surface area contributed by atoms with E-state index in [1.807, 2.05) is 0 Å². The summed E-state index contributed by atoms with van der Waals surface area (Å²) >= 11 is 0. The fraction of sp³-hybridized carbons (Fsp3) is 0.286. The summed E-state index contributed by atoms with van der Waals surface area (Å²) < 4.78 is 0. The Hall–Kier alpha value is -1.03. The van der Waals surface area contributed by atoms with Crippen LogP contribution in [0.15, 0.2) is 18.3 Å². The largest absolute Gasteiger partial charge is 0.395 e. The molecule has 11 heavy (non-hydrogen) atoms. The third-order valence-electron chi connectivity index (χ3n) is 1.20. The first-order valence-electron chi connectivity index (χ1n) is 3.39. The molecule has 0 spiro atoms. The molecule has 0 aliphatic heterocycles. The van der Waals surface area contributed by atoms with Crippen LogP contribution in [-0.2, 0) is 0 Å². The van der Waals surface area contributed by atoms with E-state index in [9.17, 15) is 0 Å². The maximum Gasteiger partial charge on any atom is 0.125 e. The smallest absolute Gasteiger partial charge is 0.125 e. The van der Waals surface area contributed by atoms with Gasteiger partial charge in [-0.3, -0.25) is 0 Å². The van der Waals surface area contributed by atoms with Gasteiger partial charge in [0.05, 0.1) is 6.61 Å². The minimum atomic E-state index is 0.103. The Bertz CT molecular complexity index is 212. The van der Waals surface area contributed by atoms with Crippen molar-refractivity contribution in [2.24, 2.45) is 0 Å². The van der Waals surface area contributed by atoms with Gasteiger partial charge in [0.1, 0.15) is 13.7 Å². The second-order valence-corrected chi connectivity index (χ2v) is 2.13. The Morgan fingerprint density at radius 3 is 2.91 bits per heavy atom. The number of anilines is 1. The van der Waals surface area contributed by atoms with Gasteiger partial charge in [0.2, 0.25) is 0 Å². The highest BCUT2D eigenvalue weighted by Gasteiger charge is 1.89. The Kier molecular flexibility index (Phi) is 2.92. The number of aliphatic hydroxyl groups is 1. The monoisotopic (exact) mass is 148 g/mol. The van der Waals surface area contributed by atoms with Crippen molar-refractivity contribution >= 4 is 19.1 Å². The maximum atomic E-state index is 8.47. The molecule has 0 amide bonds. The van der Waals surface area contributed by atoms with Crippen LogP contribution in [0, 0.1) is 0 Å². The van der Waals surface area contributed by atoms with E-state index in [4.69, 9.17) is 13.0 Å². The first-order chi connectivity index (χ1) is 5.33. The van der Waals surface area contributed by atoms with Crippen LogP contribution in [-0.4, -0.2) is 31.1 Å². The molecular formula is C7H9BN2O. The quantitative estimate of drug-likeness (QED) is 0.556. The average molecular weight is 148 g/mol. The molecule has 4 heteroatoms. The SMILES string of the molecule is [B]c1ccc(NCCO)nc1. The van der Waals surface area contributed by atoms with Gasteiger partial charge < -0.3 is 10.4 Å². The van der Waals surface area contributed by atoms with Crippen LogP contribution in [0.5, 0.6) is 0 Å². The summed E-state index contributed by atoms with van der Waals surface area (Å²) in [6.07, 6.45) is 1.57. The van der Waals surface area contributed by atoms with Crippen molar-refractivity contribution in [3.05, 3.63) is 18.3 Å². The fourth-order valence-corrected chi connectivity index (χ4v) is 0.694. The number of pyridine rings is 1. The Morgan fingerprint density at radius 1 is 1.55 bits per heavy atom. The van der Waals surface area contributed by atoms with Crippen LogP contribution in [0.2, 0.25) is 0 Å². The zero-order valence-corrected chi connectivity index (χ0v) is 6.12. The molecule has 0 aromatic carbocycles. The van der Waals surface area contributed by atoms with Gasteiger partial charge in [-0.15, -0.1) is 0 Å². The molecule has 0 bridgehead atoms. The molecule has 2 radical (unpaired) electrons. The van der Waals surface area contributed by atoms with Crippen LogP contribution in [0.3, 0.4) is 0 Å². The van der Waals surface area contributed by atoms with Crippen molar-refractivity contribution < 1.29 is 5.11 Å². The number of rotatable bonds is 3. The van der Waals surface area contributed by atoms with Crippen molar-refractivity contribution in [3.63, 3.8) is 0 Å². The van der Waals surface area contributed by atoms with Crippen molar-refractivity contribution in [2.45, 2.75) is 0 Å². The lowest BCUT2D eigenvalue weighted by Gasteiger charge is -2.02. The normalized spacial score (nSPS) is 9.55. The number of nitrogens with zero attached hydrogens (tertiary/aromatic N) is 1. The molecule has 0 aliphatic carbocycles. The predicted octanol–water partition coefficient (Wildman–Crippen LogP) is -0.720. The lowest BCUT2D eigenvalue weighted by Crippen LogP contribution is -2.09. The highest BCUT2D eigenvalue weighted by Crippen LogP contribution is 1.95. The van der Waals surface area contributed by atoms with Gasteiger partial charge in [0.25, 0.3) is 0 Å². The van der Waals surface area contributed by atoms with Gasteiger partial charge in [-0.25, -0.2) is 4.98 Å². The minimum absolute atomic E-state index is 0.103. The van der Waals surface area contributed by atoms with Gasteiger partial charge in [0.15, 0.2) is 0 Å².